The molecule has 0 spiro atoms. The third kappa shape index (κ3) is 3.15. The SMILES string of the molecule is c1ccc(NCc2cnco2)c(CN2CCCC2)c1. The molecule has 1 aromatic carbocycles. The number of rotatable bonds is 5. The summed E-state index contributed by atoms with van der Waals surface area (Å²) < 4.78 is 5.24. The molecule has 0 bridgehead atoms. The number of hydrogen-bond acceptors (Lipinski definition) is 4. The molecule has 1 aliphatic rings. The van der Waals surface area contributed by atoms with Gasteiger partial charge in [-0.1, -0.05) is 18.2 Å². The molecular weight excluding hydrogens is 238 g/mol. The predicted molar refractivity (Wildman–Crippen MR) is 74.8 cm³/mol. The molecule has 1 saturated heterocycles. The molecule has 1 aromatic heterocycles. The van der Waals surface area contributed by atoms with Crippen molar-refractivity contribution in [2.24, 2.45) is 0 Å². The quantitative estimate of drug-likeness (QED) is 0.894. The Hall–Kier alpha value is -1.81. The zero-order chi connectivity index (χ0) is 12.9. The van der Waals surface area contributed by atoms with Crippen molar-refractivity contribution in [1.29, 1.82) is 0 Å². The number of benzene rings is 1. The third-order valence-corrected chi connectivity index (χ3v) is 3.55. The summed E-state index contributed by atoms with van der Waals surface area (Å²) in [7, 11) is 0. The van der Waals surface area contributed by atoms with Crippen molar-refractivity contribution in [2.45, 2.75) is 25.9 Å². The van der Waals surface area contributed by atoms with Gasteiger partial charge < -0.3 is 9.73 Å². The lowest BCUT2D eigenvalue weighted by Gasteiger charge is -2.17. The summed E-state index contributed by atoms with van der Waals surface area (Å²) in [5.41, 5.74) is 2.54. The largest absolute Gasteiger partial charge is 0.447 e. The summed E-state index contributed by atoms with van der Waals surface area (Å²) in [5, 5.41) is 3.43. The van der Waals surface area contributed by atoms with Gasteiger partial charge in [-0.3, -0.25) is 4.90 Å². The van der Waals surface area contributed by atoms with E-state index in [2.05, 4.69) is 39.5 Å². The Morgan fingerprint density at radius 3 is 2.84 bits per heavy atom. The van der Waals surface area contributed by atoms with Crippen molar-refractivity contribution >= 4 is 5.69 Å². The second-order valence-electron chi connectivity index (χ2n) is 4.96. The molecule has 4 heteroatoms. The van der Waals surface area contributed by atoms with Gasteiger partial charge in [0.15, 0.2) is 6.39 Å². The highest BCUT2D eigenvalue weighted by Gasteiger charge is 2.13. The van der Waals surface area contributed by atoms with Gasteiger partial charge in [0.25, 0.3) is 0 Å². The van der Waals surface area contributed by atoms with Crippen molar-refractivity contribution in [1.82, 2.24) is 9.88 Å². The molecule has 0 amide bonds. The number of aromatic nitrogens is 1. The molecule has 100 valence electrons. The minimum Gasteiger partial charge on any atom is -0.447 e. The maximum Gasteiger partial charge on any atom is 0.180 e. The van der Waals surface area contributed by atoms with Crippen LogP contribution in [0.1, 0.15) is 24.2 Å². The lowest BCUT2D eigenvalue weighted by Crippen LogP contribution is -2.19. The number of para-hydroxylation sites is 1. The lowest BCUT2D eigenvalue weighted by atomic mass is 10.1. The first-order chi connectivity index (χ1) is 9.42. The van der Waals surface area contributed by atoms with Crippen LogP contribution >= 0.6 is 0 Å². The molecular formula is C15H19N3O. The van der Waals surface area contributed by atoms with Gasteiger partial charge in [0.05, 0.1) is 12.7 Å². The van der Waals surface area contributed by atoms with Crippen LogP contribution in [0.2, 0.25) is 0 Å². The molecule has 1 N–H and O–H groups in total. The van der Waals surface area contributed by atoms with Crippen LogP contribution in [-0.2, 0) is 13.1 Å². The van der Waals surface area contributed by atoms with E-state index in [-0.39, 0.29) is 0 Å². The summed E-state index contributed by atoms with van der Waals surface area (Å²) >= 11 is 0. The van der Waals surface area contributed by atoms with Crippen LogP contribution in [-0.4, -0.2) is 23.0 Å². The Labute approximate surface area is 113 Å². The minimum absolute atomic E-state index is 0.678. The molecule has 0 aliphatic carbocycles. The minimum atomic E-state index is 0.678. The molecule has 0 radical (unpaired) electrons. The molecule has 19 heavy (non-hydrogen) atoms. The molecule has 0 saturated carbocycles. The van der Waals surface area contributed by atoms with Crippen LogP contribution in [0.15, 0.2) is 41.3 Å². The number of nitrogens with one attached hydrogen (secondary N) is 1. The first kappa shape index (κ1) is 12.2. The fraction of sp³-hybridized carbons (Fsp3) is 0.400. The summed E-state index contributed by atoms with van der Waals surface area (Å²) in [5.74, 6) is 0.857. The van der Waals surface area contributed by atoms with E-state index in [1.807, 2.05) is 0 Å². The molecule has 2 heterocycles. The first-order valence-corrected chi connectivity index (χ1v) is 6.83. The number of anilines is 1. The van der Waals surface area contributed by atoms with Gasteiger partial charge in [0.1, 0.15) is 5.76 Å². The Kier molecular flexibility index (Phi) is 3.79. The van der Waals surface area contributed by atoms with Crippen molar-refractivity contribution < 1.29 is 4.42 Å². The summed E-state index contributed by atoms with van der Waals surface area (Å²) in [6.07, 6.45) is 5.87. The number of likely N-dealkylation sites (tertiary alicyclic amines) is 1. The number of nitrogens with zero attached hydrogens (tertiary/aromatic N) is 2. The molecule has 1 aliphatic heterocycles. The second-order valence-corrected chi connectivity index (χ2v) is 4.96. The van der Waals surface area contributed by atoms with E-state index in [0.717, 1.165) is 12.3 Å². The zero-order valence-electron chi connectivity index (χ0n) is 11.0. The Morgan fingerprint density at radius 2 is 2.05 bits per heavy atom. The van der Waals surface area contributed by atoms with Crippen LogP contribution in [0.4, 0.5) is 5.69 Å². The highest BCUT2D eigenvalue weighted by molar-refractivity contribution is 5.51. The molecule has 2 aromatic rings. The topological polar surface area (TPSA) is 41.3 Å². The van der Waals surface area contributed by atoms with E-state index in [0.29, 0.717) is 6.54 Å². The maximum atomic E-state index is 5.24. The van der Waals surface area contributed by atoms with E-state index in [1.165, 1.54) is 43.6 Å². The van der Waals surface area contributed by atoms with Gasteiger partial charge in [-0.05, 0) is 37.6 Å². The lowest BCUT2D eigenvalue weighted by molar-refractivity contribution is 0.332. The fourth-order valence-corrected chi connectivity index (χ4v) is 2.52. The third-order valence-electron chi connectivity index (χ3n) is 3.55. The van der Waals surface area contributed by atoms with Crippen LogP contribution in [0.25, 0.3) is 0 Å². The van der Waals surface area contributed by atoms with E-state index in [4.69, 9.17) is 4.42 Å². The number of hydrogen-bond donors (Lipinski definition) is 1. The van der Waals surface area contributed by atoms with E-state index < -0.39 is 0 Å². The second kappa shape index (κ2) is 5.89. The Balaban J connectivity index is 1.66. The normalized spacial score (nSPS) is 15.8. The average molecular weight is 257 g/mol. The fourth-order valence-electron chi connectivity index (χ4n) is 2.52. The maximum absolute atomic E-state index is 5.24. The molecule has 0 atom stereocenters. The van der Waals surface area contributed by atoms with Crippen LogP contribution in [0, 0.1) is 0 Å². The average Bonchev–Trinajstić information content (AvgIpc) is 3.10. The van der Waals surface area contributed by atoms with Crippen molar-refractivity contribution in [3.8, 4) is 0 Å². The molecule has 4 nitrogen and oxygen atoms in total. The Bertz CT molecular complexity index is 504. The van der Waals surface area contributed by atoms with Gasteiger partial charge in [-0.2, -0.15) is 0 Å². The summed E-state index contributed by atoms with van der Waals surface area (Å²) in [4.78, 5) is 6.43. The Morgan fingerprint density at radius 1 is 1.21 bits per heavy atom. The summed E-state index contributed by atoms with van der Waals surface area (Å²) in [6.45, 7) is 4.14. The monoisotopic (exact) mass is 257 g/mol. The van der Waals surface area contributed by atoms with Crippen molar-refractivity contribution in [2.75, 3.05) is 18.4 Å². The highest BCUT2D eigenvalue weighted by Crippen LogP contribution is 2.20. The van der Waals surface area contributed by atoms with Crippen LogP contribution in [0.3, 0.4) is 0 Å². The van der Waals surface area contributed by atoms with Gasteiger partial charge in [-0.25, -0.2) is 4.98 Å². The van der Waals surface area contributed by atoms with Crippen molar-refractivity contribution in [3.05, 3.63) is 48.2 Å². The highest BCUT2D eigenvalue weighted by atomic mass is 16.3. The van der Waals surface area contributed by atoms with Crippen LogP contribution < -0.4 is 5.32 Å². The summed E-state index contributed by atoms with van der Waals surface area (Å²) in [6, 6.07) is 8.49. The van der Waals surface area contributed by atoms with E-state index in [1.54, 1.807) is 6.20 Å². The predicted octanol–water partition coefficient (Wildman–Crippen LogP) is 2.88. The van der Waals surface area contributed by atoms with E-state index >= 15 is 0 Å². The standard InChI is InChI=1S/C15H19N3O/c1-2-6-15(17-10-14-9-16-12-19-14)13(5-1)11-18-7-3-4-8-18/h1-2,5-6,9,12,17H,3-4,7-8,10-11H2. The van der Waals surface area contributed by atoms with E-state index in [9.17, 15) is 0 Å². The zero-order valence-corrected chi connectivity index (χ0v) is 11.0. The van der Waals surface area contributed by atoms with Crippen molar-refractivity contribution in [3.63, 3.8) is 0 Å². The van der Waals surface area contributed by atoms with Crippen LogP contribution in [0.5, 0.6) is 0 Å². The molecule has 3 rings (SSSR count). The van der Waals surface area contributed by atoms with Gasteiger partial charge in [0, 0.05) is 12.2 Å². The van der Waals surface area contributed by atoms with Gasteiger partial charge in [0.2, 0.25) is 0 Å². The molecule has 1 fully saturated rings. The van der Waals surface area contributed by atoms with Gasteiger partial charge in [-0.15, -0.1) is 0 Å². The van der Waals surface area contributed by atoms with Gasteiger partial charge >= 0.3 is 0 Å². The smallest absolute Gasteiger partial charge is 0.180 e. The number of oxazole rings is 1. The first-order valence-electron chi connectivity index (χ1n) is 6.83. The molecule has 0 unspecified atom stereocenters.